The minimum atomic E-state index is 0.369. The van der Waals surface area contributed by atoms with Crippen molar-refractivity contribution in [3.63, 3.8) is 0 Å². The van der Waals surface area contributed by atoms with Crippen LogP contribution in [0.15, 0.2) is 30.5 Å². The van der Waals surface area contributed by atoms with E-state index >= 15 is 0 Å². The molecule has 0 aliphatic rings. The van der Waals surface area contributed by atoms with E-state index in [1.807, 2.05) is 38.1 Å². The van der Waals surface area contributed by atoms with Crippen molar-refractivity contribution >= 4 is 17.3 Å². The van der Waals surface area contributed by atoms with Crippen LogP contribution in [0.1, 0.15) is 24.3 Å². The molecule has 0 amide bonds. The molecule has 2 aromatic rings. The summed E-state index contributed by atoms with van der Waals surface area (Å²) in [6.07, 6.45) is 2.16. The molecule has 0 radical (unpaired) electrons. The zero-order chi connectivity index (χ0) is 10.4. The summed E-state index contributed by atoms with van der Waals surface area (Å²) in [5.74, 6) is 0. The predicted molar refractivity (Wildman–Crippen MR) is 56.3 cm³/mol. The van der Waals surface area contributed by atoms with Crippen molar-refractivity contribution in [2.24, 2.45) is 0 Å². The summed E-state index contributed by atoms with van der Waals surface area (Å²) >= 11 is 0. The zero-order valence-corrected chi connectivity index (χ0v) is 8.27. The summed E-state index contributed by atoms with van der Waals surface area (Å²) in [6.45, 7) is 4.00. The van der Waals surface area contributed by atoms with E-state index in [4.69, 9.17) is 0 Å². The van der Waals surface area contributed by atoms with E-state index in [1.165, 1.54) is 6.20 Å². The molecule has 0 atom stereocenters. The van der Waals surface area contributed by atoms with E-state index in [9.17, 15) is 4.79 Å². The smallest absolute Gasteiger partial charge is 0.170 e. The van der Waals surface area contributed by atoms with Crippen molar-refractivity contribution in [1.82, 2.24) is 9.97 Å². The number of aromatic nitrogens is 2. The standard InChI is InChI=1S/C9H6N2O.C2H6/c12-6-7-5-10-8-3-1-2-4-9(8)11-7;1-2/h1-6H;1-2H3. The van der Waals surface area contributed by atoms with Gasteiger partial charge in [-0.3, -0.25) is 9.78 Å². The quantitative estimate of drug-likeness (QED) is 0.645. The van der Waals surface area contributed by atoms with Gasteiger partial charge in [0.05, 0.1) is 17.2 Å². The summed E-state index contributed by atoms with van der Waals surface area (Å²) in [6, 6.07) is 7.44. The average Bonchev–Trinajstić information content (AvgIpc) is 2.31. The number of hydrogen-bond donors (Lipinski definition) is 0. The lowest BCUT2D eigenvalue weighted by Crippen LogP contribution is -1.89. The fraction of sp³-hybridized carbons (Fsp3) is 0.182. The van der Waals surface area contributed by atoms with Gasteiger partial charge in [-0.25, -0.2) is 4.98 Å². The maximum Gasteiger partial charge on any atom is 0.170 e. The maximum absolute atomic E-state index is 10.3. The second-order valence-electron chi connectivity index (χ2n) is 2.40. The first-order chi connectivity index (χ1) is 6.90. The fourth-order valence-corrected chi connectivity index (χ4v) is 1.03. The number of benzene rings is 1. The van der Waals surface area contributed by atoms with Gasteiger partial charge in [-0.05, 0) is 12.1 Å². The lowest BCUT2D eigenvalue weighted by Gasteiger charge is -1.94. The van der Waals surface area contributed by atoms with Gasteiger partial charge in [0.1, 0.15) is 5.69 Å². The van der Waals surface area contributed by atoms with Gasteiger partial charge in [0, 0.05) is 0 Å². The Balaban J connectivity index is 0.000000461. The van der Waals surface area contributed by atoms with E-state index in [0.717, 1.165) is 11.0 Å². The van der Waals surface area contributed by atoms with Gasteiger partial charge in [-0.1, -0.05) is 26.0 Å². The fourth-order valence-electron chi connectivity index (χ4n) is 1.03. The number of nitrogens with zero attached hydrogens (tertiary/aromatic N) is 2. The van der Waals surface area contributed by atoms with Gasteiger partial charge in [0.25, 0.3) is 0 Å². The van der Waals surface area contributed by atoms with Crippen molar-refractivity contribution in [2.75, 3.05) is 0 Å². The number of aldehydes is 1. The Morgan fingerprint density at radius 3 is 2.43 bits per heavy atom. The molecular weight excluding hydrogens is 176 g/mol. The van der Waals surface area contributed by atoms with E-state index in [-0.39, 0.29) is 0 Å². The van der Waals surface area contributed by atoms with Gasteiger partial charge in [-0.2, -0.15) is 0 Å². The van der Waals surface area contributed by atoms with Crippen LogP contribution in [-0.4, -0.2) is 16.3 Å². The summed E-state index contributed by atoms with van der Waals surface area (Å²) < 4.78 is 0. The molecule has 1 aromatic carbocycles. The van der Waals surface area contributed by atoms with Crippen molar-refractivity contribution in [2.45, 2.75) is 13.8 Å². The molecule has 0 aliphatic heterocycles. The lowest BCUT2D eigenvalue weighted by molar-refractivity contribution is 0.111. The Labute approximate surface area is 82.8 Å². The minimum Gasteiger partial charge on any atom is -0.296 e. The molecule has 0 spiro atoms. The molecule has 0 fully saturated rings. The van der Waals surface area contributed by atoms with Crippen LogP contribution in [-0.2, 0) is 0 Å². The largest absolute Gasteiger partial charge is 0.296 e. The summed E-state index contributed by atoms with van der Waals surface area (Å²) in [4.78, 5) is 18.5. The third-order valence-electron chi connectivity index (χ3n) is 1.59. The highest BCUT2D eigenvalue weighted by Crippen LogP contribution is 2.06. The topological polar surface area (TPSA) is 42.9 Å². The SMILES string of the molecule is CC.O=Cc1cnc2ccccc2n1. The van der Waals surface area contributed by atoms with E-state index in [0.29, 0.717) is 12.0 Å². The van der Waals surface area contributed by atoms with E-state index < -0.39 is 0 Å². The summed E-state index contributed by atoms with van der Waals surface area (Å²) in [7, 11) is 0. The molecule has 14 heavy (non-hydrogen) atoms. The average molecular weight is 188 g/mol. The van der Waals surface area contributed by atoms with Crippen LogP contribution in [0.3, 0.4) is 0 Å². The molecule has 0 bridgehead atoms. The van der Waals surface area contributed by atoms with Gasteiger partial charge in [0.15, 0.2) is 6.29 Å². The first-order valence-corrected chi connectivity index (χ1v) is 4.57. The highest BCUT2D eigenvalue weighted by molar-refractivity contribution is 5.79. The number of hydrogen-bond acceptors (Lipinski definition) is 3. The molecule has 0 N–H and O–H groups in total. The Bertz CT molecular complexity index is 426. The molecule has 3 heteroatoms. The molecule has 72 valence electrons. The Morgan fingerprint density at radius 2 is 1.79 bits per heavy atom. The number of carbonyl (C=O) groups is 1. The second kappa shape index (κ2) is 5.07. The summed E-state index contributed by atoms with van der Waals surface area (Å²) in [5, 5.41) is 0. The summed E-state index contributed by atoms with van der Waals surface area (Å²) in [5.41, 5.74) is 1.93. The van der Waals surface area contributed by atoms with Crippen LogP contribution in [0.5, 0.6) is 0 Å². The van der Waals surface area contributed by atoms with E-state index in [1.54, 1.807) is 0 Å². The molecule has 2 rings (SSSR count). The number of fused-ring (bicyclic) bond motifs is 1. The minimum absolute atomic E-state index is 0.369. The molecule has 0 saturated carbocycles. The highest BCUT2D eigenvalue weighted by atomic mass is 16.1. The number of carbonyl (C=O) groups excluding carboxylic acids is 1. The van der Waals surface area contributed by atoms with Crippen LogP contribution >= 0.6 is 0 Å². The maximum atomic E-state index is 10.3. The molecule has 0 aliphatic carbocycles. The monoisotopic (exact) mass is 188 g/mol. The molecular formula is C11H12N2O. The zero-order valence-electron chi connectivity index (χ0n) is 8.27. The van der Waals surface area contributed by atoms with Gasteiger partial charge >= 0.3 is 0 Å². The second-order valence-corrected chi connectivity index (χ2v) is 2.40. The number of rotatable bonds is 1. The molecule has 1 aromatic heterocycles. The molecule has 0 unspecified atom stereocenters. The molecule has 3 nitrogen and oxygen atoms in total. The van der Waals surface area contributed by atoms with Crippen molar-refractivity contribution < 1.29 is 4.79 Å². The highest BCUT2D eigenvalue weighted by Gasteiger charge is 1.95. The van der Waals surface area contributed by atoms with Gasteiger partial charge < -0.3 is 0 Å². The third-order valence-corrected chi connectivity index (χ3v) is 1.59. The third kappa shape index (κ3) is 2.13. The van der Waals surface area contributed by atoms with Crippen LogP contribution < -0.4 is 0 Å². The molecule has 0 saturated heterocycles. The van der Waals surface area contributed by atoms with Crippen LogP contribution in [0, 0.1) is 0 Å². The lowest BCUT2D eigenvalue weighted by atomic mass is 10.3. The normalized spacial score (nSPS) is 9.00. The van der Waals surface area contributed by atoms with Crippen molar-refractivity contribution in [1.29, 1.82) is 0 Å². The Morgan fingerprint density at radius 1 is 1.14 bits per heavy atom. The van der Waals surface area contributed by atoms with Gasteiger partial charge in [-0.15, -0.1) is 0 Å². The first kappa shape index (κ1) is 10.3. The Hall–Kier alpha value is -1.77. The van der Waals surface area contributed by atoms with Crippen LogP contribution in [0.25, 0.3) is 11.0 Å². The van der Waals surface area contributed by atoms with Crippen molar-refractivity contribution in [3.05, 3.63) is 36.2 Å². The predicted octanol–water partition coefficient (Wildman–Crippen LogP) is 2.47. The number of para-hydroxylation sites is 2. The van der Waals surface area contributed by atoms with Crippen LogP contribution in [0.2, 0.25) is 0 Å². The Kier molecular flexibility index (Phi) is 3.73. The first-order valence-electron chi connectivity index (χ1n) is 4.57. The molecule has 1 heterocycles. The van der Waals surface area contributed by atoms with Gasteiger partial charge in [0.2, 0.25) is 0 Å². The van der Waals surface area contributed by atoms with E-state index in [2.05, 4.69) is 9.97 Å². The van der Waals surface area contributed by atoms with Crippen molar-refractivity contribution in [3.8, 4) is 0 Å². The van der Waals surface area contributed by atoms with Crippen LogP contribution in [0.4, 0.5) is 0 Å².